The second-order valence-electron chi connectivity index (χ2n) is 18.1. The van der Waals surface area contributed by atoms with Crippen LogP contribution >= 0.6 is 7.82 Å². The second-order valence-corrected chi connectivity index (χ2v) is 19.6. The maximum Gasteiger partial charge on any atom is 0.472 e. The third kappa shape index (κ3) is 47.3. The fourth-order valence-corrected chi connectivity index (χ4v) is 7.35. The van der Waals surface area contributed by atoms with Crippen LogP contribution in [-0.4, -0.2) is 74.3 Å². The summed E-state index contributed by atoms with van der Waals surface area (Å²) in [6.45, 7) is 6.63. The van der Waals surface area contributed by atoms with Crippen LogP contribution in [-0.2, 0) is 27.9 Å². The summed E-state index contributed by atoms with van der Waals surface area (Å²) in [5.74, 6) is -0.596. The summed E-state index contributed by atoms with van der Waals surface area (Å²) in [5.41, 5.74) is 0. The van der Waals surface area contributed by atoms with Gasteiger partial charge in [-0.05, 0) is 70.3 Å². The molecule has 1 amide bonds. The number of hydrogen-bond acceptors (Lipinski definition) is 6. The maximum absolute atomic E-state index is 13.4. The third-order valence-corrected chi connectivity index (χ3v) is 11.6. The molecule has 10 heteroatoms. The lowest BCUT2D eigenvalue weighted by Crippen LogP contribution is -2.47. The Morgan fingerprint density at radius 2 is 0.955 bits per heavy atom. The highest BCUT2D eigenvalue weighted by Crippen LogP contribution is 2.43. The number of amides is 1. The molecule has 0 aliphatic heterocycles. The summed E-state index contributed by atoms with van der Waals surface area (Å²) in [4.78, 5) is 37.4. The first-order chi connectivity index (χ1) is 32.4. The summed E-state index contributed by atoms with van der Waals surface area (Å²) >= 11 is 0. The lowest BCUT2D eigenvalue weighted by atomic mass is 10.1. The zero-order valence-corrected chi connectivity index (χ0v) is 44.0. The summed E-state index contributed by atoms with van der Waals surface area (Å²) in [6, 6.07) is -0.884. The molecule has 0 aliphatic carbocycles. The average molecular weight is 952 g/mol. The molecule has 380 valence electrons. The minimum absolute atomic E-state index is 0.0208. The van der Waals surface area contributed by atoms with Crippen LogP contribution in [0.4, 0.5) is 0 Å². The van der Waals surface area contributed by atoms with Crippen molar-refractivity contribution in [1.29, 1.82) is 0 Å². The minimum atomic E-state index is -4.46. The Kier molecular flexibility index (Phi) is 43.7. The van der Waals surface area contributed by atoms with Gasteiger partial charge in [0, 0.05) is 12.8 Å². The number of carbonyl (C=O) groups is 2. The van der Waals surface area contributed by atoms with Crippen molar-refractivity contribution in [1.82, 2.24) is 5.32 Å². The van der Waals surface area contributed by atoms with Crippen molar-refractivity contribution in [2.45, 2.75) is 187 Å². The highest BCUT2D eigenvalue weighted by atomic mass is 31.2. The van der Waals surface area contributed by atoms with Crippen LogP contribution in [0.15, 0.2) is 122 Å². The molecule has 0 fully saturated rings. The molecule has 9 nitrogen and oxygen atoms in total. The third-order valence-electron chi connectivity index (χ3n) is 10.6. The predicted molar refractivity (Wildman–Crippen MR) is 286 cm³/mol. The molecule has 0 aliphatic rings. The number of nitrogens with zero attached hydrogens (tertiary/aromatic N) is 1. The number of ether oxygens (including phenoxy) is 1. The number of likely N-dealkylation sites (N-methyl/N-ethyl adjacent to an activating group) is 1. The molecule has 2 N–H and O–H groups in total. The van der Waals surface area contributed by atoms with Crippen molar-refractivity contribution in [3.63, 3.8) is 0 Å². The molecule has 3 unspecified atom stereocenters. The smallest absolute Gasteiger partial charge is 0.456 e. The molecule has 0 spiro atoms. The number of rotatable bonds is 44. The Morgan fingerprint density at radius 3 is 1.45 bits per heavy atom. The fraction of sp³-hybridized carbons (Fsp3) is 0.614. The van der Waals surface area contributed by atoms with E-state index in [1.165, 1.54) is 44.9 Å². The van der Waals surface area contributed by atoms with Crippen molar-refractivity contribution in [3.8, 4) is 0 Å². The molecule has 0 radical (unpaired) electrons. The summed E-state index contributed by atoms with van der Waals surface area (Å²) in [6.07, 6.45) is 63.4. The summed E-state index contributed by atoms with van der Waals surface area (Å²) in [7, 11) is 1.43. The highest BCUT2D eigenvalue weighted by molar-refractivity contribution is 7.47. The number of allylic oxidation sites excluding steroid dienone is 19. The van der Waals surface area contributed by atoms with Gasteiger partial charge in [0.1, 0.15) is 19.3 Å². The Morgan fingerprint density at radius 1 is 0.537 bits per heavy atom. The Balaban J connectivity index is 5.55. The van der Waals surface area contributed by atoms with Crippen LogP contribution in [0.1, 0.15) is 175 Å². The first-order valence-electron chi connectivity index (χ1n) is 26.0. The van der Waals surface area contributed by atoms with E-state index in [0.717, 1.165) is 83.5 Å². The largest absolute Gasteiger partial charge is 0.472 e. The number of quaternary nitrogens is 1. The van der Waals surface area contributed by atoms with E-state index in [4.69, 9.17) is 13.8 Å². The number of phosphoric acid groups is 1. The van der Waals surface area contributed by atoms with Gasteiger partial charge in [-0.2, -0.15) is 0 Å². The van der Waals surface area contributed by atoms with Gasteiger partial charge in [0.15, 0.2) is 0 Å². The molecule has 0 bridgehead atoms. The van der Waals surface area contributed by atoms with Gasteiger partial charge in [-0.25, -0.2) is 4.57 Å². The molecular formula is C57H96N2O7P+. The standard InChI is InChI=1S/C57H95N2O7P/c1-7-10-13-16-19-22-25-27-28-29-30-32-35-38-41-44-47-50-57(61)66-55(48-45-42-39-36-33-24-21-18-15-12-9-3)54(53-65-67(62,63)64-52-51-59(4,5)6)58-56(60)49-46-43-40-37-34-31-26-23-20-17-14-11-8-2/h10-11,13-14,16-17,19-20,22-23,25-30,32,35,45,48,54-55H,7-9,12,15,18,21,24,31,33-34,36-44,46-47,49-53H2,1-6H3,(H-,58,60,62,63)/p+1/b13-10-,14-11+,19-16+,20-17+,25-22+,26-23-,28-27-,30-29+,35-32+,48-45+. The monoisotopic (exact) mass is 952 g/mol. The molecule has 0 saturated carbocycles. The average Bonchev–Trinajstić information content (AvgIpc) is 3.28. The van der Waals surface area contributed by atoms with Gasteiger partial charge < -0.3 is 19.4 Å². The van der Waals surface area contributed by atoms with Crippen molar-refractivity contribution in [2.24, 2.45) is 0 Å². The van der Waals surface area contributed by atoms with E-state index in [0.29, 0.717) is 30.3 Å². The van der Waals surface area contributed by atoms with E-state index < -0.39 is 20.0 Å². The topological polar surface area (TPSA) is 111 Å². The van der Waals surface area contributed by atoms with Crippen LogP contribution in [0.5, 0.6) is 0 Å². The first kappa shape index (κ1) is 63.4. The first-order valence-corrected chi connectivity index (χ1v) is 27.5. The van der Waals surface area contributed by atoms with Crippen LogP contribution in [0, 0.1) is 0 Å². The predicted octanol–water partition coefficient (Wildman–Crippen LogP) is 15.2. The normalized spacial score (nSPS) is 14.9. The zero-order chi connectivity index (χ0) is 49.4. The van der Waals surface area contributed by atoms with Crippen LogP contribution in [0.25, 0.3) is 0 Å². The van der Waals surface area contributed by atoms with Gasteiger partial charge in [0.05, 0.1) is 33.8 Å². The lowest BCUT2D eigenvalue weighted by Gasteiger charge is -2.27. The number of unbranched alkanes of at least 4 members (excludes halogenated alkanes) is 17. The van der Waals surface area contributed by atoms with Crippen LogP contribution in [0.2, 0.25) is 0 Å². The number of carbonyl (C=O) groups excluding carboxylic acids is 2. The van der Waals surface area contributed by atoms with E-state index >= 15 is 0 Å². The zero-order valence-electron chi connectivity index (χ0n) is 43.1. The second kappa shape index (κ2) is 46.2. The SMILES string of the molecule is CC\C=C/C=C/C=C/C=C\C=C\C=C\CCCCCC(=O)OC(/C=C/CCCCCCCCCCC)C(COP(=O)(O)OCC[N+](C)(C)C)NC(=O)CCCCCCC\C=C/C=C/C=C/CC. The molecule has 67 heavy (non-hydrogen) atoms. The quantitative estimate of drug-likeness (QED) is 0.0156. The van der Waals surface area contributed by atoms with Crippen LogP contribution in [0.3, 0.4) is 0 Å². The lowest BCUT2D eigenvalue weighted by molar-refractivity contribution is -0.870. The van der Waals surface area contributed by atoms with E-state index in [-0.39, 0.29) is 31.5 Å². The Bertz CT molecular complexity index is 1560. The molecule has 0 aromatic rings. The molecule has 0 aromatic carbocycles. The fourth-order valence-electron chi connectivity index (χ4n) is 6.62. The van der Waals surface area contributed by atoms with E-state index in [1.807, 2.05) is 100 Å². The Labute approximate surface area is 410 Å². The molecule has 0 saturated heterocycles. The summed E-state index contributed by atoms with van der Waals surface area (Å²) in [5, 5.41) is 3.01. The number of phosphoric ester groups is 1. The number of nitrogens with one attached hydrogen (secondary N) is 1. The summed E-state index contributed by atoms with van der Waals surface area (Å²) < 4.78 is 30.4. The highest BCUT2D eigenvalue weighted by Gasteiger charge is 2.30. The van der Waals surface area contributed by atoms with Crippen molar-refractivity contribution in [2.75, 3.05) is 40.9 Å². The van der Waals surface area contributed by atoms with Gasteiger partial charge in [0.2, 0.25) is 5.91 Å². The minimum Gasteiger partial charge on any atom is -0.456 e. The van der Waals surface area contributed by atoms with Gasteiger partial charge in [-0.3, -0.25) is 18.6 Å². The van der Waals surface area contributed by atoms with Gasteiger partial charge in [-0.1, -0.05) is 213 Å². The Hall–Kier alpha value is -3.59. The molecular weight excluding hydrogens is 856 g/mol. The van der Waals surface area contributed by atoms with Crippen LogP contribution < -0.4 is 5.32 Å². The maximum atomic E-state index is 13.4. The van der Waals surface area contributed by atoms with Gasteiger partial charge in [0.25, 0.3) is 0 Å². The number of hydrogen-bond donors (Lipinski definition) is 2. The molecule has 0 aromatic heterocycles. The van der Waals surface area contributed by atoms with E-state index in [2.05, 4.69) is 68.6 Å². The van der Waals surface area contributed by atoms with Crippen molar-refractivity contribution in [3.05, 3.63) is 122 Å². The van der Waals surface area contributed by atoms with E-state index in [1.54, 1.807) is 0 Å². The molecule has 0 heterocycles. The van der Waals surface area contributed by atoms with Crippen molar-refractivity contribution >= 4 is 19.7 Å². The van der Waals surface area contributed by atoms with E-state index in [9.17, 15) is 19.0 Å². The molecule has 0 rings (SSSR count). The molecule has 3 atom stereocenters. The van der Waals surface area contributed by atoms with Gasteiger partial charge >= 0.3 is 13.8 Å². The van der Waals surface area contributed by atoms with Crippen molar-refractivity contribution < 1.29 is 37.3 Å². The number of esters is 1. The van der Waals surface area contributed by atoms with Gasteiger partial charge in [-0.15, -0.1) is 0 Å².